The molecule has 0 heterocycles. The molecule has 0 fully saturated rings. The largest absolute Gasteiger partial charge is 0.490 e. The molecule has 4 N–H and O–H groups in total. The lowest BCUT2D eigenvalue weighted by Crippen LogP contribution is -2.19. The van der Waals surface area contributed by atoms with Crippen LogP contribution in [0.15, 0.2) is 115 Å². The number of esters is 4. The van der Waals surface area contributed by atoms with Crippen molar-refractivity contribution in [3.63, 3.8) is 0 Å². The second kappa shape index (κ2) is 24.2. The monoisotopic (exact) mass is 884 g/mol. The number of ether oxygens (including phenoxy) is 6. The number of carbonyl (C=O) groups is 4. The first-order valence-corrected chi connectivity index (χ1v) is 20.0. The molecule has 16 heteroatoms. The molecule has 5 rings (SSSR count). The molecule has 0 atom stereocenters. The molecular weight excluding hydrogens is 843 g/mol. The van der Waals surface area contributed by atoms with Crippen LogP contribution < -0.4 is 30.4 Å². The maximum Gasteiger partial charge on any atom is 0.343 e. The van der Waals surface area contributed by atoms with Gasteiger partial charge >= 0.3 is 23.9 Å². The second-order valence-corrected chi connectivity index (χ2v) is 13.9. The minimum absolute atomic E-state index is 0.0353. The van der Waals surface area contributed by atoms with Crippen LogP contribution in [0.25, 0.3) is 12.2 Å². The van der Waals surface area contributed by atoms with Gasteiger partial charge in [0.05, 0.1) is 42.4 Å². The van der Waals surface area contributed by atoms with Gasteiger partial charge in [0, 0.05) is 36.4 Å². The Balaban J connectivity index is 1.10. The summed E-state index contributed by atoms with van der Waals surface area (Å²) in [4.78, 5) is 50.8. The van der Waals surface area contributed by atoms with Gasteiger partial charge in [-0.2, -0.15) is 10.5 Å². The molecule has 0 saturated heterocycles. The fraction of sp³-hybridized carbons (Fsp3) is 0.184. The van der Waals surface area contributed by atoms with Crippen LogP contribution in [-0.4, -0.2) is 50.3 Å². The zero-order valence-electron chi connectivity index (χ0n) is 34.7. The number of hydrogen-bond acceptors (Lipinski definition) is 14. The summed E-state index contributed by atoms with van der Waals surface area (Å²) in [7, 11) is 0. The Morgan fingerprint density at radius 1 is 0.600 bits per heavy atom. The molecule has 65 heavy (non-hydrogen) atoms. The smallest absolute Gasteiger partial charge is 0.343 e. The number of rotatable bonds is 21. The number of benzene rings is 5. The van der Waals surface area contributed by atoms with Gasteiger partial charge in [-0.25, -0.2) is 28.0 Å². The lowest BCUT2D eigenvalue weighted by Gasteiger charge is -2.19. The van der Waals surface area contributed by atoms with Crippen LogP contribution in [0.1, 0.15) is 69.0 Å². The molecular formula is C49H42F2N4O10. The number of anilines is 2. The highest BCUT2D eigenvalue weighted by atomic mass is 19.1. The first kappa shape index (κ1) is 47.5. The van der Waals surface area contributed by atoms with Crippen LogP contribution in [0.2, 0.25) is 0 Å². The van der Waals surface area contributed by atoms with Gasteiger partial charge in [-0.05, 0) is 114 Å². The number of nitrogens with zero attached hydrogens (tertiary/aromatic N) is 2. The maximum absolute atomic E-state index is 14.4. The Bertz CT molecular complexity index is 2470. The van der Waals surface area contributed by atoms with Crippen molar-refractivity contribution in [3.05, 3.63) is 155 Å². The lowest BCUT2D eigenvalue weighted by molar-refractivity contribution is -0.141. The van der Waals surface area contributed by atoms with Crippen molar-refractivity contribution in [2.45, 2.75) is 31.6 Å². The van der Waals surface area contributed by atoms with Crippen molar-refractivity contribution in [2.75, 3.05) is 37.9 Å². The van der Waals surface area contributed by atoms with E-state index in [-0.39, 0.29) is 73.4 Å². The number of nitrogens with two attached hydrogens (primary N) is 2. The molecule has 332 valence electrons. The van der Waals surface area contributed by atoms with Crippen LogP contribution in [-0.2, 0) is 19.1 Å². The fourth-order valence-corrected chi connectivity index (χ4v) is 5.77. The van der Waals surface area contributed by atoms with Crippen molar-refractivity contribution < 1.29 is 56.4 Å². The van der Waals surface area contributed by atoms with E-state index < -0.39 is 41.4 Å². The van der Waals surface area contributed by atoms with Crippen molar-refractivity contribution in [3.8, 4) is 35.1 Å². The summed E-state index contributed by atoms with van der Waals surface area (Å²) in [6.45, 7) is -0.120. The van der Waals surface area contributed by atoms with Crippen LogP contribution in [0.5, 0.6) is 23.0 Å². The molecule has 5 aromatic rings. The third-order valence-electron chi connectivity index (χ3n) is 9.13. The van der Waals surface area contributed by atoms with Gasteiger partial charge in [0.2, 0.25) is 0 Å². The minimum Gasteiger partial charge on any atom is -0.490 e. The molecule has 0 radical (unpaired) electrons. The van der Waals surface area contributed by atoms with E-state index in [2.05, 4.69) is 0 Å². The van der Waals surface area contributed by atoms with E-state index >= 15 is 0 Å². The number of nitrogen functional groups attached to an aromatic ring is 2. The van der Waals surface area contributed by atoms with Crippen LogP contribution in [0, 0.1) is 34.3 Å². The van der Waals surface area contributed by atoms with E-state index in [1.54, 1.807) is 36.4 Å². The minimum atomic E-state index is -0.797. The van der Waals surface area contributed by atoms with Gasteiger partial charge < -0.3 is 39.9 Å². The summed E-state index contributed by atoms with van der Waals surface area (Å²) in [5.74, 6) is -4.93. The number of hydrogen-bond donors (Lipinski definition) is 2. The fourth-order valence-electron chi connectivity index (χ4n) is 5.77. The van der Waals surface area contributed by atoms with Gasteiger partial charge in [0.25, 0.3) is 0 Å². The maximum atomic E-state index is 14.4. The molecule has 0 aliphatic carbocycles. The van der Waals surface area contributed by atoms with Crippen LogP contribution in [0.3, 0.4) is 0 Å². The number of nitriles is 2. The van der Waals surface area contributed by atoms with E-state index in [9.17, 15) is 28.0 Å². The molecule has 0 aliphatic rings. The average Bonchev–Trinajstić information content (AvgIpc) is 3.29. The van der Waals surface area contributed by atoms with Gasteiger partial charge in [0.15, 0.2) is 23.1 Å². The van der Waals surface area contributed by atoms with Crippen molar-refractivity contribution >= 4 is 47.4 Å². The topological polar surface area (TPSA) is 223 Å². The Morgan fingerprint density at radius 2 is 1.05 bits per heavy atom. The molecule has 0 spiro atoms. The van der Waals surface area contributed by atoms with Crippen LogP contribution >= 0.6 is 0 Å². The predicted octanol–water partition coefficient (Wildman–Crippen LogP) is 8.53. The quantitative estimate of drug-likeness (QED) is 0.0232. The highest BCUT2D eigenvalue weighted by molar-refractivity contribution is 5.92. The summed E-state index contributed by atoms with van der Waals surface area (Å²) in [6.07, 6.45) is 6.75. The predicted molar refractivity (Wildman–Crippen MR) is 234 cm³/mol. The first-order valence-electron chi connectivity index (χ1n) is 20.0. The number of halogens is 2. The third kappa shape index (κ3) is 15.1. The van der Waals surface area contributed by atoms with Crippen molar-refractivity contribution in [1.82, 2.24) is 0 Å². The standard InChI is InChI=1S/C49H42F2N4O10/c50-41-27-34(11-19-44(41)60-25-3-1-23-52)48(58)64-38-14-5-32(6-15-38)9-21-46(56)62-30-36(40-18-13-37(54)29-43(40)55)31-63-47(57)22-10-33-7-16-39(17-8-33)65-49(59)35-12-20-45(42(51)28-35)61-26-4-2-24-53/h5-22,27-29,36H,1-4,25-26,30-31,54-55H2/b21-9+,22-10+. The molecule has 0 aromatic heterocycles. The number of carbonyl (C=O) groups excluding carboxylic acids is 4. The van der Waals surface area contributed by atoms with Gasteiger partial charge in [-0.1, -0.05) is 30.3 Å². The van der Waals surface area contributed by atoms with Gasteiger partial charge in [-0.3, -0.25) is 0 Å². The van der Waals surface area contributed by atoms with Gasteiger partial charge in [0.1, 0.15) is 24.7 Å². The van der Waals surface area contributed by atoms with E-state index in [0.29, 0.717) is 40.9 Å². The highest BCUT2D eigenvalue weighted by Gasteiger charge is 2.20. The first-order chi connectivity index (χ1) is 31.4. The average molecular weight is 885 g/mol. The molecule has 5 aromatic carbocycles. The summed E-state index contributed by atoms with van der Waals surface area (Å²) < 4.78 is 61.2. The van der Waals surface area contributed by atoms with Gasteiger partial charge in [-0.15, -0.1) is 0 Å². The van der Waals surface area contributed by atoms with E-state index in [1.165, 1.54) is 78.9 Å². The van der Waals surface area contributed by atoms with E-state index in [0.717, 1.165) is 12.1 Å². The summed E-state index contributed by atoms with van der Waals surface area (Å²) >= 11 is 0. The molecule has 0 unspecified atom stereocenters. The normalized spacial score (nSPS) is 10.8. The number of unbranched alkanes of at least 4 members (excludes halogenated alkanes) is 2. The molecule has 0 amide bonds. The molecule has 0 aliphatic heterocycles. The Labute approximate surface area is 372 Å². The SMILES string of the molecule is N#CCCCOc1ccc(C(=O)Oc2ccc(/C=C/C(=O)OCC(COC(=O)/C=C/c3ccc(OC(=O)c4ccc(OCCCC#N)c(F)c4)cc3)c3ccc(N)cc3N)cc2)cc1F. The molecule has 14 nitrogen and oxygen atoms in total. The zero-order chi connectivity index (χ0) is 46.6. The second-order valence-electron chi connectivity index (χ2n) is 13.9. The summed E-state index contributed by atoms with van der Waals surface area (Å²) in [5, 5.41) is 17.2. The van der Waals surface area contributed by atoms with E-state index in [1.807, 2.05) is 12.1 Å². The van der Waals surface area contributed by atoms with Crippen molar-refractivity contribution in [2.24, 2.45) is 0 Å². The highest BCUT2D eigenvalue weighted by Crippen LogP contribution is 2.27. The lowest BCUT2D eigenvalue weighted by atomic mass is 9.98. The zero-order valence-corrected chi connectivity index (χ0v) is 34.7. The summed E-state index contributed by atoms with van der Waals surface area (Å²) in [5.41, 5.74) is 14.4. The van der Waals surface area contributed by atoms with Crippen molar-refractivity contribution in [1.29, 1.82) is 10.5 Å². The molecule has 0 bridgehead atoms. The third-order valence-corrected chi connectivity index (χ3v) is 9.13. The molecule has 0 saturated carbocycles. The Morgan fingerprint density at radius 3 is 1.45 bits per heavy atom. The summed E-state index contributed by atoms with van der Waals surface area (Å²) in [6, 6.07) is 28.4. The van der Waals surface area contributed by atoms with E-state index in [4.69, 9.17) is 50.4 Å². The van der Waals surface area contributed by atoms with Crippen LogP contribution in [0.4, 0.5) is 20.2 Å². The Hall–Kier alpha value is -8.50. The Kier molecular flexibility index (Phi) is 17.7.